The van der Waals surface area contributed by atoms with Gasteiger partial charge in [-0.25, -0.2) is 0 Å². The standard InChI is InChI=1S/C16H25NO2/c1-5-18-12-8-6-7-9-13(12)19-14-10-11-16(2,3)15(14)17-4/h6-9,14-15,17H,5,10-11H2,1-4H3. The molecule has 106 valence electrons. The zero-order valence-electron chi connectivity index (χ0n) is 12.4. The third-order valence-electron chi connectivity index (χ3n) is 4.03. The van der Waals surface area contributed by atoms with Crippen molar-refractivity contribution in [3.63, 3.8) is 0 Å². The maximum absolute atomic E-state index is 6.21. The fourth-order valence-corrected chi connectivity index (χ4v) is 3.03. The van der Waals surface area contributed by atoms with E-state index in [-0.39, 0.29) is 11.5 Å². The highest BCUT2D eigenvalue weighted by Crippen LogP contribution is 2.40. The lowest BCUT2D eigenvalue weighted by Crippen LogP contribution is -2.44. The number of nitrogens with one attached hydrogen (secondary N) is 1. The summed E-state index contributed by atoms with van der Waals surface area (Å²) in [7, 11) is 2.02. The van der Waals surface area contributed by atoms with Crippen LogP contribution in [-0.4, -0.2) is 25.8 Å². The molecule has 3 nitrogen and oxygen atoms in total. The second kappa shape index (κ2) is 5.83. The summed E-state index contributed by atoms with van der Waals surface area (Å²) < 4.78 is 11.8. The molecule has 1 aliphatic rings. The Morgan fingerprint density at radius 1 is 1.26 bits per heavy atom. The number of hydrogen-bond donors (Lipinski definition) is 1. The molecule has 2 rings (SSSR count). The van der Waals surface area contributed by atoms with Crippen molar-refractivity contribution < 1.29 is 9.47 Å². The van der Waals surface area contributed by atoms with Crippen LogP contribution in [0.25, 0.3) is 0 Å². The van der Waals surface area contributed by atoms with Crippen molar-refractivity contribution in [3.05, 3.63) is 24.3 Å². The van der Waals surface area contributed by atoms with Crippen LogP contribution in [0.2, 0.25) is 0 Å². The summed E-state index contributed by atoms with van der Waals surface area (Å²) in [5.74, 6) is 1.69. The van der Waals surface area contributed by atoms with Crippen molar-refractivity contribution >= 4 is 0 Å². The summed E-state index contributed by atoms with van der Waals surface area (Å²) in [4.78, 5) is 0. The second-order valence-electron chi connectivity index (χ2n) is 5.83. The number of hydrogen-bond acceptors (Lipinski definition) is 3. The lowest BCUT2D eigenvalue weighted by Gasteiger charge is -2.30. The SMILES string of the molecule is CCOc1ccccc1OC1CCC(C)(C)C1NC. The summed E-state index contributed by atoms with van der Waals surface area (Å²) in [6, 6.07) is 8.30. The summed E-state index contributed by atoms with van der Waals surface area (Å²) >= 11 is 0. The minimum absolute atomic E-state index is 0.210. The Morgan fingerprint density at radius 2 is 1.95 bits per heavy atom. The van der Waals surface area contributed by atoms with Crippen LogP contribution in [0.4, 0.5) is 0 Å². The van der Waals surface area contributed by atoms with E-state index in [0.29, 0.717) is 12.6 Å². The minimum atomic E-state index is 0.210. The Kier molecular flexibility index (Phi) is 4.35. The molecule has 3 heteroatoms. The molecule has 0 amide bonds. The molecule has 1 aromatic rings. The molecule has 1 saturated carbocycles. The Morgan fingerprint density at radius 3 is 2.58 bits per heavy atom. The molecule has 0 bridgehead atoms. The number of rotatable bonds is 5. The largest absolute Gasteiger partial charge is 0.490 e. The van der Waals surface area contributed by atoms with Crippen molar-refractivity contribution in [1.29, 1.82) is 0 Å². The quantitative estimate of drug-likeness (QED) is 0.884. The molecule has 1 N–H and O–H groups in total. The summed E-state index contributed by atoms with van der Waals surface area (Å²) in [5.41, 5.74) is 0.278. The summed E-state index contributed by atoms with van der Waals surface area (Å²) in [6.07, 6.45) is 2.47. The molecule has 1 aliphatic carbocycles. The zero-order valence-corrected chi connectivity index (χ0v) is 12.4. The van der Waals surface area contributed by atoms with Gasteiger partial charge in [0.15, 0.2) is 11.5 Å². The second-order valence-corrected chi connectivity index (χ2v) is 5.83. The lowest BCUT2D eigenvalue weighted by atomic mass is 9.87. The molecule has 2 unspecified atom stereocenters. The Bertz CT molecular complexity index is 417. The predicted molar refractivity (Wildman–Crippen MR) is 77.9 cm³/mol. The van der Waals surface area contributed by atoms with E-state index >= 15 is 0 Å². The smallest absolute Gasteiger partial charge is 0.161 e. The minimum Gasteiger partial charge on any atom is -0.490 e. The average molecular weight is 263 g/mol. The van der Waals surface area contributed by atoms with Crippen molar-refractivity contribution in [2.24, 2.45) is 5.41 Å². The molecule has 1 aromatic carbocycles. The molecule has 0 saturated heterocycles. The van der Waals surface area contributed by atoms with Crippen LogP contribution in [0, 0.1) is 5.41 Å². The Hall–Kier alpha value is -1.22. The maximum atomic E-state index is 6.21. The van der Waals surface area contributed by atoms with Crippen LogP contribution >= 0.6 is 0 Å². The molecule has 19 heavy (non-hydrogen) atoms. The normalized spacial score (nSPS) is 25.3. The molecule has 0 radical (unpaired) electrons. The van der Waals surface area contributed by atoms with E-state index in [0.717, 1.165) is 17.9 Å². The zero-order chi connectivity index (χ0) is 13.9. The summed E-state index contributed by atoms with van der Waals surface area (Å²) in [6.45, 7) is 7.25. The topological polar surface area (TPSA) is 30.5 Å². The highest BCUT2D eigenvalue weighted by Gasteiger charge is 2.42. The molecule has 0 spiro atoms. The van der Waals surface area contributed by atoms with Crippen molar-refractivity contribution in [1.82, 2.24) is 5.32 Å². The van der Waals surface area contributed by atoms with E-state index in [1.807, 2.05) is 38.2 Å². The van der Waals surface area contributed by atoms with Gasteiger partial charge in [-0.05, 0) is 44.4 Å². The third-order valence-corrected chi connectivity index (χ3v) is 4.03. The number of benzene rings is 1. The number of ether oxygens (including phenoxy) is 2. The van der Waals surface area contributed by atoms with Gasteiger partial charge in [0.05, 0.1) is 6.61 Å². The van der Waals surface area contributed by atoms with Gasteiger partial charge in [0.1, 0.15) is 6.10 Å². The van der Waals surface area contributed by atoms with Crippen LogP contribution < -0.4 is 14.8 Å². The van der Waals surface area contributed by atoms with Crippen molar-refractivity contribution in [2.45, 2.75) is 45.8 Å². The molecular formula is C16H25NO2. The van der Waals surface area contributed by atoms with Crippen LogP contribution in [-0.2, 0) is 0 Å². The van der Waals surface area contributed by atoms with E-state index in [1.165, 1.54) is 6.42 Å². The van der Waals surface area contributed by atoms with E-state index in [9.17, 15) is 0 Å². The fourth-order valence-electron chi connectivity index (χ4n) is 3.03. The van der Waals surface area contributed by atoms with Crippen LogP contribution in [0.1, 0.15) is 33.6 Å². The van der Waals surface area contributed by atoms with Gasteiger partial charge in [0.2, 0.25) is 0 Å². The monoisotopic (exact) mass is 263 g/mol. The molecular weight excluding hydrogens is 238 g/mol. The lowest BCUT2D eigenvalue weighted by molar-refractivity contribution is 0.140. The van der Waals surface area contributed by atoms with Gasteiger partial charge >= 0.3 is 0 Å². The molecule has 0 heterocycles. The first-order chi connectivity index (χ1) is 9.08. The maximum Gasteiger partial charge on any atom is 0.161 e. The average Bonchev–Trinajstić information content (AvgIpc) is 2.67. The Balaban J connectivity index is 2.13. The first kappa shape index (κ1) is 14.2. The molecule has 0 aliphatic heterocycles. The van der Waals surface area contributed by atoms with Crippen molar-refractivity contribution in [2.75, 3.05) is 13.7 Å². The van der Waals surface area contributed by atoms with E-state index < -0.39 is 0 Å². The van der Waals surface area contributed by atoms with Gasteiger partial charge < -0.3 is 14.8 Å². The number of para-hydroxylation sites is 2. The molecule has 2 atom stereocenters. The van der Waals surface area contributed by atoms with Gasteiger partial charge in [-0.1, -0.05) is 26.0 Å². The highest BCUT2D eigenvalue weighted by atomic mass is 16.5. The third kappa shape index (κ3) is 3.03. The molecule has 1 fully saturated rings. The van der Waals surface area contributed by atoms with Gasteiger partial charge in [-0.2, -0.15) is 0 Å². The predicted octanol–water partition coefficient (Wildman–Crippen LogP) is 3.24. The first-order valence-corrected chi connectivity index (χ1v) is 7.14. The Labute approximate surface area is 116 Å². The van der Waals surface area contributed by atoms with Gasteiger partial charge in [0, 0.05) is 6.04 Å². The summed E-state index contributed by atoms with van der Waals surface area (Å²) in [5, 5.41) is 3.41. The highest BCUT2D eigenvalue weighted by molar-refractivity contribution is 5.39. The van der Waals surface area contributed by atoms with E-state index in [2.05, 4.69) is 19.2 Å². The van der Waals surface area contributed by atoms with Crippen LogP contribution in [0.5, 0.6) is 11.5 Å². The van der Waals surface area contributed by atoms with E-state index in [1.54, 1.807) is 0 Å². The van der Waals surface area contributed by atoms with Crippen LogP contribution in [0.15, 0.2) is 24.3 Å². The van der Waals surface area contributed by atoms with Crippen LogP contribution in [0.3, 0.4) is 0 Å². The van der Waals surface area contributed by atoms with Crippen molar-refractivity contribution in [3.8, 4) is 11.5 Å². The van der Waals surface area contributed by atoms with Gasteiger partial charge in [0.25, 0.3) is 0 Å². The molecule has 0 aromatic heterocycles. The first-order valence-electron chi connectivity index (χ1n) is 7.14. The van der Waals surface area contributed by atoms with Gasteiger partial charge in [-0.15, -0.1) is 0 Å². The fraction of sp³-hybridized carbons (Fsp3) is 0.625. The van der Waals surface area contributed by atoms with Gasteiger partial charge in [-0.3, -0.25) is 0 Å². The number of likely N-dealkylation sites (N-methyl/N-ethyl adjacent to an activating group) is 1. The van der Waals surface area contributed by atoms with E-state index in [4.69, 9.17) is 9.47 Å².